The van der Waals surface area contributed by atoms with Gasteiger partial charge in [0.25, 0.3) is 0 Å². The van der Waals surface area contributed by atoms with Crippen LogP contribution >= 0.6 is 0 Å². The summed E-state index contributed by atoms with van der Waals surface area (Å²) in [5.41, 5.74) is -0.132. The van der Waals surface area contributed by atoms with Crippen LogP contribution in [-0.2, 0) is 14.3 Å². The van der Waals surface area contributed by atoms with Gasteiger partial charge in [-0.15, -0.1) is 0 Å². The Morgan fingerprint density at radius 3 is 2.46 bits per heavy atom. The predicted octanol–water partition coefficient (Wildman–Crippen LogP) is 2.70. The summed E-state index contributed by atoms with van der Waals surface area (Å²) in [7, 11) is 1.41. The van der Waals surface area contributed by atoms with Crippen molar-refractivity contribution >= 4 is 17.8 Å². The summed E-state index contributed by atoms with van der Waals surface area (Å²) >= 11 is 0. The number of aromatic nitrogens is 1. The van der Waals surface area contributed by atoms with Gasteiger partial charge in [0.2, 0.25) is 5.88 Å². The largest absolute Gasteiger partial charge is 0.480 e. The Hall–Kier alpha value is -2.82. The molecule has 8 nitrogen and oxygen atoms in total. The Bertz CT molecular complexity index is 771. The lowest BCUT2D eigenvalue weighted by molar-refractivity contribution is -0.160. The molecule has 28 heavy (non-hydrogen) atoms. The Morgan fingerprint density at radius 1 is 1.32 bits per heavy atom. The van der Waals surface area contributed by atoms with Crippen molar-refractivity contribution in [3.05, 3.63) is 17.2 Å². The number of hydrogen-bond acceptors (Lipinski definition) is 8. The van der Waals surface area contributed by atoms with E-state index in [0.717, 1.165) is 0 Å². The molecule has 1 aromatic heterocycles. The molecular formula is C20H27N3O5. The van der Waals surface area contributed by atoms with Crippen LogP contribution in [0.1, 0.15) is 56.5 Å². The van der Waals surface area contributed by atoms with Gasteiger partial charge >= 0.3 is 11.9 Å². The molecule has 2 heterocycles. The molecule has 152 valence electrons. The number of nitrogens with zero attached hydrogens (tertiary/aromatic N) is 3. The van der Waals surface area contributed by atoms with E-state index in [1.54, 1.807) is 6.92 Å². The summed E-state index contributed by atoms with van der Waals surface area (Å²) in [6.45, 7) is 8.55. The van der Waals surface area contributed by atoms with Crippen LogP contribution in [0.2, 0.25) is 0 Å². The predicted molar refractivity (Wildman–Crippen MR) is 102 cm³/mol. The molecule has 0 unspecified atom stereocenters. The van der Waals surface area contributed by atoms with Crippen LogP contribution in [0.25, 0.3) is 0 Å². The van der Waals surface area contributed by atoms with E-state index < -0.39 is 11.6 Å². The maximum atomic E-state index is 12.3. The monoisotopic (exact) mass is 389 g/mol. The van der Waals surface area contributed by atoms with Gasteiger partial charge in [-0.3, -0.25) is 4.79 Å². The van der Waals surface area contributed by atoms with E-state index in [1.165, 1.54) is 13.2 Å². The Balaban J connectivity index is 2.19. The smallest absolute Gasteiger partial charge is 0.343 e. The van der Waals surface area contributed by atoms with Crippen molar-refractivity contribution in [2.75, 3.05) is 31.7 Å². The van der Waals surface area contributed by atoms with Crippen molar-refractivity contribution in [2.24, 2.45) is 5.92 Å². The highest BCUT2D eigenvalue weighted by Gasteiger charge is 2.31. The molecule has 0 aliphatic carbocycles. The average molecular weight is 389 g/mol. The van der Waals surface area contributed by atoms with Crippen LogP contribution in [-0.4, -0.2) is 49.3 Å². The summed E-state index contributed by atoms with van der Waals surface area (Å²) in [5, 5.41) is 9.53. The Labute approximate surface area is 165 Å². The van der Waals surface area contributed by atoms with Gasteiger partial charge in [-0.25, -0.2) is 4.79 Å². The van der Waals surface area contributed by atoms with Gasteiger partial charge in [0.15, 0.2) is 5.82 Å². The lowest BCUT2D eigenvalue weighted by Gasteiger charge is -2.33. The van der Waals surface area contributed by atoms with E-state index >= 15 is 0 Å². The van der Waals surface area contributed by atoms with Crippen LogP contribution in [0.3, 0.4) is 0 Å². The lowest BCUT2D eigenvalue weighted by atomic mass is 9.96. The second-order valence-corrected chi connectivity index (χ2v) is 7.54. The van der Waals surface area contributed by atoms with Gasteiger partial charge in [0.1, 0.15) is 17.2 Å². The molecule has 0 bridgehead atoms. The standard InChI is InChI=1S/C20H27N3O5/c1-6-27-19(25)15-11-14(12-21)16(22-17(15)26-5)23-9-7-13(8-10-23)18(24)28-20(2,3)4/h11,13H,6-10H2,1-5H3. The third kappa shape index (κ3) is 5.12. The van der Waals surface area contributed by atoms with Crippen molar-refractivity contribution < 1.29 is 23.8 Å². The zero-order valence-corrected chi connectivity index (χ0v) is 17.1. The lowest BCUT2D eigenvalue weighted by Crippen LogP contribution is -2.39. The summed E-state index contributed by atoms with van der Waals surface area (Å²) in [6.07, 6.45) is 1.20. The van der Waals surface area contributed by atoms with Gasteiger partial charge < -0.3 is 19.1 Å². The van der Waals surface area contributed by atoms with E-state index in [9.17, 15) is 14.9 Å². The number of pyridine rings is 1. The van der Waals surface area contributed by atoms with E-state index in [4.69, 9.17) is 14.2 Å². The molecule has 0 saturated carbocycles. The molecule has 0 N–H and O–H groups in total. The minimum absolute atomic E-state index is 0.113. The van der Waals surface area contributed by atoms with Crippen LogP contribution in [0, 0.1) is 17.2 Å². The molecule has 0 radical (unpaired) electrons. The minimum atomic E-state index is -0.585. The van der Waals surface area contributed by atoms with E-state index in [0.29, 0.717) is 31.7 Å². The summed E-state index contributed by atoms with van der Waals surface area (Å²) in [6, 6.07) is 3.53. The molecule has 2 rings (SSSR count). The fourth-order valence-corrected chi connectivity index (χ4v) is 3.03. The third-order valence-corrected chi connectivity index (χ3v) is 4.31. The van der Waals surface area contributed by atoms with Gasteiger partial charge in [0.05, 0.1) is 25.2 Å². The second-order valence-electron chi connectivity index (χ2n) is 7.54. The van der Waals surface area contributed by atoms with Crippen molar-refractivity contribution in [3.63, 3.8) is 0 Å². The van der Waals surface area contributed by atoms with E-state index in [1.807, 2.05) is 25.7 Å². The first-order valence-corrected chi connectivity index (χ1v) is 9.34. The molecule has 1 aliphatic rings. The molecule has 1 saturated heterocycles. The molecule has 0 amide bonds. The fraction of sp³-hybridized carbons (Fsp3) is 0.600. The third-order valence-electron chi connectivity index (χ3n) is 4.31. The molecule has 1 fully saturated rings. The maximum absolute atomic E-state index is 12.3. The van der Waals surface area contributed by atoms with E-state index in [2.05, 4.69) is 11.1 Å². The first-order valence-electron chi connectivity index (χ1n) is 9.34. The summed E-state index contributed by atoms with van der Waals surface area (Å²) in [5.74, 6) is -0.409. The highest BCUT2D eigenvalue weighted by Crippen LogP contribution is 2.30. The first-order chi connectivity index (χ1) is 13.2. The Morgan fingerprint density at radius 2 is 1.96 bits per heavy atom. The zero-order valence-electron chi connectivity index (χ0n) is 17.1. The minimum Gasteiger partial charge on any atom is -0.480 e. The molecule has 1 aromatic rings. The highest BCUT2D eigenvalue weighted by molar-refractivity contribution is 5.93. The van der Waals surface area contributed by atoms with Crippen LogP contribution in [0.5, 0.6) is 5.88 Å². The number of hydrogen-bond donors (Lipinski definition) is 0. The second kappa shape index (κ2) is 8.91. The number of esters is 2. The molecule has 1 aliphatic heterocycles. The molecule has 0 spiro atoms. The van der Waals surface area contributed by atoms with Crippen LogP contribution in [0.4, 0.5) is 5.82 Å². The maximum Gasteiger partial charge on any atom is 0.343 e. The first kappa shape index (κ1) is 21.5. The zero-order chi connectivity index (χ0) is 20.9. The van der Waals surface area contributed by atoms with Crippen molar-refractivity contribution in [3.8, 4) is 11.9 Å². The van der Waals surface area contributed by atoms with Gasteiger partial charge in [-0.2, -0.15) is 10.2 Å². The van der Waals surface area contributed by atoms with Crippen molar-refractivity contribution in [2.45, 2.75) is 46.1 Å². The van der Waals surface area contributed by atoms with Gasteiger partial charge in [-0.05, 0) is 46.6 Å². The normalized spacial score (nSPS) is 14.9. The quantitative estimate of drug-likeness (QED) is 0.709. The summed E-state index contributed by atoms with van der Waals surface area (Å²) in [4.78, 5) is 30.7. The number of carbonyl (C=O) groups is 2. The van der Waals surface area contributed by atoms with E-state index in [-0.39, 0.29) is 35.5 Å². The van der Waals surface area contributed by atoms with Crippen molar-refractivity contribution in [1.82, 2.24) is 4.98 Å². The topological polar surface area (TPSA) is 102 Å². The SMILES string of the molecule is CCOC(=O)c1cc(C#N)c(N2CCC(C(=O)OC(C)(C)C)CC2)nc1OC. The number of anilines is 1. The molecule has 0 atom stereocenters. The molecule has 8 heteroatoms. The van der Waals surface area contributed by atoms with Crippen LogP contribution in [0.15, 0.2) is 6.07 Å². The fourth-order valence-electron chi connectivity index (χ4n) is 3.03. The number of rotatable bonds is 5. The number of carbonyl (C=O) groups excluding carboxylic acids is 2. The highest BCUT2D eigenvalue weighted by atomic mass is 16.6. The number of ether oxygens (including phenoxy) is 3. The van der Waals surface area contributed by atoms with Gasteiger partial charge in [0, 0.05) is 13.1 Å². The van der Waals surface area contributed by atoms with Crippen molar-refractivity contribution in [1.29, 1.82) is 5.26 Å². The molecule has 0 aromatic carbocycles. The number of nitriles is 1. The van der Waals surface area contributed by atoms with Gasteiger partial charge in [-0.1, -0.05) is 0 Å². The number of piperidine rings is 1. The molecular weight excluding hydrogens is 362 g/mol. The van der Waals surface area contributed by atoms with Crippen LogP contribution < -0.4 is 9.64 Å². The average Bonchev–Trinajstić information content (AvgIpc) is 2.65. The Kier molecular flexibility index (Phi) is 6.84. The summed E-state index contributed by atoms with van der Waals surface area (Å²) < 4.78 is 15.7. The number of methoxy groups -OCH3 is 1.